The molecule has 1 aliphatic rings. The van der Waals surface area contributed by atoms with Crippen LogP contribution in [-0.4, -0.2) is 31.6 Å². The minimum Gasteiger partial charge on any atom is -0.484 e. The Balaban J connectivity index is 0.00000242. The second-order valence-corrected chi connectivity index (χ2v) is 5.72. The van der Waals surface area contributed by atoms with Gasteiger partial charge in [-0.3, -0.25) is 4.79 Å². The highest BCUT2D eigenvalue weighted by Crippen LogP contribution is 2.29. The molecule has 0 bridgehead atoms. The maximum atomic E-state index is 14.2. The Labute approximate surface area is 137 Å². The second kappa shape index (κ2) is 8.96. The summed E-state index contributed by atoms with van der Waals surface area (Å²) in [7, 11) is 0. The Morgan fingerprint density at radius 2 is 2.09 bits per heavy atom. The van der Waals surface area contributed by atoms with E-state index in [0.29, 0.717) is 5.75 Å². The first-order valence-electron chi connectivity index (χ1n) is 7.48. The monoisotopic (exact) mass is 330 g/mol. The van der Waals surface area contributed by atoms with Gasteiger partial charge in [0.25, 0.3) is 5.91 Å². The van der Waals surface area contributed by atoms with E-state index in [9.17, 15) is 9.18 Å². The predicted molar refractivity (Wildman–Crippen MR) is 87.3 cm³/mol. The third-order valence-corrected chi connectivity index (χ3v) is 3.57. The average Bonchev–Trinajstić information content (AvgIpc) is 2.45. The van der Waals surface area contributed by atoms with Crippen molar-refractivity contribution in [3.05, 3.63) is 29.6 Å². The summed E-state index contributed by atoms with van der Waals surface area (Å²) in [5.41, 5.74) is 0.746. The highest BCUT2D eigenvalue weighted by molar-refractivity contribution is 5.85. The van der Waals surface area contributed by atoms with Crippen molar-refractivity contribution in [3.8, 4) is 5.75 Å². The summed E-state index contributed by atoms with van der Waals surface area (Å²) in [6.45, 7) is 5.52. The van der Waals surface area contributed by atoms with Crippen molar-refractivity contribution < 1.29 is 13.9 Å². The van der Waals surface area contributed by atoms with Crippen molar-refractivity contribution in [1.82, 2.24) is 10.6 Å². The quantitative estimate of drug-likeness (QED) is 0.872. The molecule has 0 atom stereocenters. The van der Waals surface area contributed by atoms with E-state index in [0.717, 1.165) is 31.5 Å². The molecular weight excluding hydrogens is 307 g/mol. The molecule has 1 aromatic rings. The molecule has 0 aromatic heterocycles. The molecule has 1 heterocycles. The Morgan fingerprint density at radius 3 is 2.68 bits per heavy atom. The molecule has 1 aromatic carbocycles. The van der Waals surface area contributed by atoms with Gasteiger partial charge < -0.3 is 15.4 Å². The van der Waals surface area contributed by atoms with Crippen LogP contribution in [0.25, 0.3) is 0 Å². The number of rotatable bonds is 5. The molecule has 22 heavy (non-hydrogen) atoms. The molecule has 6 heteroatoms. The molecule has 0 aliphatic carbocycles. The first kappa shape index (κ1) is 18.7. The van der Waals surface area contributed by atoms with Crippen molar-refractivity contribution in [2.24, 2.45) is 0 Å². The minimum absolute atomic E-state index is 0. The van der Waals surface area contributed by atoms with Gasteiger partial charge in [0.15, 0.2) is 6.61 Å². The highest BCUT2D eigenvalue weighted by Gasteiger charge is 2.19. The lowest BCUT2D eigenvalue weighted by molar-refractivity contribution is -0.123. The molecule has 1 saturated heterocycles. The smallest absolute Gasteiger partial charge is 0.258 e. The SMILES string of the molecule is CC(C)NC(=O)COc1ccc(C2CCNCC2)c(F)c1.Cl. The molecule has 0 saturated carbocycles. The summed E-state index contributed by atoms with van der Waals surface area (Å²) < 4.78 is 19.5. The zero-order chi connectivity index (χ0) is 15.2. The molecule has 124 valence electrons. The second-order valence-electron chi connectivity index (χ2n) is 5.72. The van der Waals surface area contributed by atoms with Gasteiger partial charge in [-0.1, -0.05) is 6.07 Å². The van der Waals surface area contributed by atoms with E-state index < -0.39 is 0 Å². The summed E-state index contributed by atoms with van der Waals surface area (Å²) in [6, 6.07) is 4.96. The molecule has 0 radical (unpaired) electrons. The van der Waals surface area contributed by atoms with Gasteiger partial charge in [-0.2, -0.15) is 0 Å². The van der Waals surface area contributed by atoms with E-state index in [1.165, 1.54) is 6.07 Å². The molecular formula is C16H24ClFN2O2. The molecule has 2 rings (SSSR count). The van der Waals surface area contributed by atoms with Crippen LogP contribution in [0.4, 0.5) is 4.39 Å². The van der Waals surface area contributed by atoms with Crippen molar-refractivity contribution in [1.29, 1.82) is 0 Å². The third kappa shape index (κ3) is 5.46. The first-order chi connectivity index (χ1) is 10.1. The molecule has 0 unspecified atom stereocenters. The van der Waals surface area contributed by atoms with Gasteiger partial charge in [-0.15, -0.1) is 12.4 Å². The number of benzene rings is 1. The van der Waals surface area contributed by atoms with Gasteiger partial charge >= 0.3 is 0 Å². The van der Waals surface area contributed by atoms with Gasteiger partial charge in [0, 0.05) is 12.1 Å². The number of ether oxygens (including phenoxy) is 1. The zero-order valence-electron chi connectivity index (χ0n) is 13.0. The van der Waals surface area contributed by atoms with E-state index in [1.54, 1.807) is 12.1 Å². The van der Waals surface area contributed by atoms with Gasteiger partial charge in [-0.25, -0.2) is 4.39 Å². The summed E-state index contributed by atoms with van der Waals surface area (Å²) in [4.78, 5) is 11.5. The van der Waals surface area contributed by atoms with Crippen LogP contribution < -0.4 is 15.4 Å². The average molecular weight is 331 g/mol. The van der Waals surface area contributed by atoms with Crippen molar-refractivity contribution in [2.45, 2.75) is 38.6 Å². The summed E-state index contributed by atoms with van der Waals surface area (Å²) in [6.07, 6.45) is 1.90. The molecule has 0 spiro atoms. The minimum atomic E-state index is -0.247. The topological polar surface area (TPSA) is 50.4 Å². The fourth-order valence-corrected chi connectivity index (χ4v) is 2.57. The maximum Gasteiger partial charge on any atom is 0.258 e. The van der Waals surface area contributed by atoms with Crippen LogP contribution >= 0.6 is 12.4 Å². The lowest BCUT2D eigenvalue weighted by Crippen LogP contribution is -2.34. The van der Waals surface area contributed by atoms with Gasteiger partial charge in [0.1, 0.15) is 11.6 Å². The molecule has 1 fully saturated rings. The Bertz CT molecular complexity index is 491. The largest absolute Gasteiger partial charge is 0.484 e. The van der Waals surface area contributed by atoms with Crippen LogP contribution in [0, 0.1) is 5.82 Å². The number of carbonyl (C=O) groups excluding carboxylic acids is 1. The summed E-state index contributed by atoms with van der Waals surface area (Å²) in [5, 5.41) is 6.00. The molecule has 4 nitrogen and oxygen atoms in total. The lowest BCUT2D eigenvalue weighted by atomic mass is 9.90. The van der Waals surface area contributed by atoms with Crippen molar-refractivity contribution in [3.63, 3.8) is 0 Å². The first-order valence-corrected chi connectivity index (χ1v) is 7.48. The van der Waals surface area contributed by atoms with E-state index in [2.05, 4.69) is 10.6 Å². The van der Waals surface area contributed by atoms with Crippen LogP contribution in [0.2, 0.25) is 0 Å². The molecule has 2 N–H and O–H groups in total. The van der Waals surface area contributed by atoms with Crippen LogP contribution in [-0.2, 0) is 4.79 Å². The fourth-order valence-electron chi connectivity index (χ4n) is 2.57. The number of hydrogen-bond donors (Lipinski definition) is 2. The summed E-state index contributed by atoms with van der Waals surface area (Å²) in [5.74, 6) is 0.213. The van der Waals surface area contributed by atoms with Crippen LogP contribution in [0.5, 0.6) is 5.75 Å². The normalized spacial score (nSPS) is 15.3. The standard InChI is InChI=1S/C16H23FN2O2.ClH/c1-11(2)19-16(20)10-21-13-3-4-14(15(17)9-13)12-5-7-18-8-6-12;/h3-4,9,11-12,18H,5-8,10H2,1-2H3,(H,19,20);1H. The van der Waals surface area contributed by atoms with Gasteiger partial charge in [-0.05, 0) is 57.3 Å². The maximum absolute atomic E-state index is 14.2. The van der Waals surface area contributed by atoms with E-state index in [4.69, 9.17) is 4.74 Å². The summed E-state index contributed by atoms with van der Waals surface area (Å²) >= 11 is 0. The van der Waals surface area contributed by atoms with Crippen LogP contribution in [0.1, 0.15) is 38.2 Å². The highest BCUT2D eigenvalue weighted by atomic mass is 35.5. The number of hydrogen-bond acceptors (Lipinski definition) is 3. The third-order valence-electron chi connectivity index (χ3n) is 3.57. The van der Waals surface area contributed by atoms with E-state index in [-0.39, 0.29) is 42.7 Å². The predicted octanol–water partition coefficient (Wildman–Crippen LogP) is 2.62. The zero-order valence-corrected chi connectivity index (χ0v) is 13.8. The van der Waals surface area contributed by atoms with Gasteiger partial charge in [0.2, 0.25) is 0 Å². The number of halogens is 2. The number of amides is 1. The Kier molecular flexibility index (Phi) is 7.62. The number of piperidine rings is 1. The van der Waals surface area contributed by atoms with Crippen LogP contribution in [0.3, 0.4) is 0 Å². The fraction of sp³-hybridized carbons (Fsp3) is 0.562. The van der Waals surface area contributed by atoms with Crippen LogP contribution in [0.15, 0.2) is 18.2 Å². The van der Waals surface area contributed by atoms with E-state index in [1.807, 2.05) is 13.8 Å². The van der Waals surface area contributed by atoms with Gasteiger partial charge in [0.05, 0.1) is 0 Å². The molecule has 1 aliphatic heterocycles. The van der Waals surface area contributed by atoms with Crippen molar-refractivity contribution in [2.75, 3.05) is 19.7 Å². The number of nitrogens with one attached hydrogen (secondary N) is 2. The number of carbonyl (C=O) groups is 1. The Hall–Kier alpha value is -1.33. The molecule has 1 amide bonds. The lowest BCUT2D eigenvalue weighted by Gasteiger charge is -2.23. The van der Waals surface area contributed by atoms with E-state index >= 15 is 0 Å². The Morgan fingerprint density at radius 1 is 1.41 bits per heavy atom. The van der Waals surface area contributed by atoms with Crippen molar-refractivity contribution >= 4 is 18.3 Å².